The molecule has 0 bridgehead atoms. The number of imide groups is 2. The molecule has 1 heterocycles. The van der Waals surface area contributed by atoms with Gasteiger partial charge in [-0.25, -0.2) is 9.18 Å². The number of hydrogen-bond donors (Lipinski definition) is 1. The standard InChI is InChI=1S/C27H27FN2O5/c1-3-6-19-13-18(15-23(34-2)24(19)35-16-17-9-11-20(28)12-10-17)14-22-25(31)29-27(33)30(26(22)32)21-7-4-5-8-21/h3,9-15,21H,1,4-8,16H2,2H3,(H,29,31,33)/b22-14+. The maximum Gasteiger partial charge on any atom is 0.331 e. The van der Waals surface area contributed by atoms with E-state index >= 15 is 0 Å². The molecule has 0 spiro atoms. The second-order valence-electron chi connectivity index (χ2n) is 8.55. The van der Waals surface area contributed by atoms with E-state index in [1.54, 1.807) is 30.3 Å². The number of rotatable bonds is 8. The number of barbiturate groups is 1. The van der Waals surface area contributed by atoms with E-state index in [2.05, 4.69) is 11.9 Å². The fourth-order valence-corrected chi connectivity index (χ4v) is 4.46. The van der Waals surface area contributed by atoms with Crippen LogP contribution in [0.2, 0.25) is 0 Å². The van der Waals surface area contributed by atoms with E-state index in [-0.39, 0.29) is 24.0 Å². The van der Waals surface area contributed by atoms with Gasteiger partial charge in [-0.2, -0.15) is 0 Å². The minimum Gasteiger partial charge on any atom is -0.493 e. The number of hydrogen-bond acceptors (Lipinski definition) is 5. The van der Waals surface area contributed by atoms with Crippen LogP contribution in [0.15, 0.2) is 54.6 Å². The first-order valence-electron chi connectivity index (χ1n) is 11.5. The van der Waals surface area contributed by atoms with Crippen LogP contribution in [-0.4, -0.2) is 35.9 Å². The SMILES string of the molecule is C=CCc1cc(/C=C2\C(=O)NC(=O)N(C3CCCC3)C2=O)cc(OC)c1OCc1ccc(F)cc1. The minimum absolute atomic E-state index is 0.108. The summed E-state index contributed by atoms with van der Waals surface area (Å²) >= 11 is 0. The Hall–Kier alpha value is -3.94. The van der Waals surface area contributed by atoms with Crippen LogP contribution in [0.25, 0.3) is 6.08 Å². The number of amides is 4. The van der Waals surface area contributed by atoms with Crippen LogP contribution in [0.4, 0.5) is 9.18 Å². The van der Waals surface area contributed by atoms with Crippen molar-refractivity contribution in [3.8, 4) is 11.5 Å². The number of methoxy groups -OCH3 is 1. The molecular weight excluding hydrogens is 451 g/mol. The molecular formula is C27H27FN2O5. The predicted octanol–water partition coefficient (Wildman–Crippen LogP) is 4.55. The first-order chi connectivity index (χ1) is 16.9. The summed E-state index contributed by atoms with van der Waals surface area (Å²) in [5.41, 5.74) is 1.96. The second-order valence-corrected chi connectivity index (χ2v) is 8.55. The lowest BCUT2D eigenvalue weighted by atomic mass is 10.0. The van der Waals surface area contributed by atoms with Crippen molar-refractivity contribution in [2.45, 2.75) is 44.8 Å². The largest absolute Gasteiger partial charge is 0.493 e. The summed E-state index contributed by atoms with van der Waals surface area (Å²) in [6, 6.07) is 8.58. The maximum absolute atomic E-state index is 13.2. The van der Waals surface area contributed by atoms with E-state index < -0.39 is 17.8 Å². The Bertz CT molecular complexity index is 1180. The molecule has 8 heteroatoms. The van der Waals surface area contributed by atoms with Crippen molar-refractivity contribution in [2.75, 3.05) is 7.11 Å². The van der Waals surface area contributed by atoms with Gasteiger partial charge in [0.2, 0.25) is 0 Å². The van der Waals surface area contributed by atoms with E-state index in [1.807, 2.05) is 0 Å². The van der Waals surface area contributed by atoms with Gasteiger partial charge in [0.05, 0.1) is 7.11 Å². The molecule has 0 atom stereocenters. The molecule has 2 fully saturated rings. The van der Waals surface area contributed by atoms with Gasteiger partial charge in [-0.1, -0.05) is 31.1 Å². The third-order valence-corrected chi connectivity index (χ3v) is 6.17. The molecule has 2 aromatic rings. The topological polar surface area (TPSA) is 84.9 Å². The Labute approximate surface area is 203 Å². The minimum atomic E-state index is -0.727. The highest BCUT2D eigenvalue weighted by Crippen LogP contribution is 2.35. The van der Waals surface area contributed by atoms with Crippen molar-refractivity contribution >= 4 is 23.9 Å². The molecule has 0 unspecified atom stereocenters. The summed E-state index contributed by atoms with van der Waals surface area (Å²) in [6.45, 7) is 3.99. The number of benzene rings is 2. The first kappa shape index (κ1) is 24.2. The molecule has 1 N–H and O–H groups in total. The van der Waals surface area contributed by atoms with Crippen LogP contribution in [0, 0.1) is 5.82 Å². The summed E-state index contributed by atoms with van der Waals surface area (Å²) in [6.07, 6.45) is 6.96. The Balaban J connectivity index is 1.66. The van der Waals surface area contributed by atoms with E-state index in [4.69, 9.17) is 9.47 Å². The van der Waals surface area contributed by atoms with Gasteiger partial charge in [-0.15, -0.1) is 6.58 Å². The molecule has 35 heavy (non-hydrogen) atoms. The number of nitrogens with zero attached hydrogens (tertiary/aromatic N) is 1. The van der Waals surface area contributed by atoms with Crippen LogP contribution in [-0.2, 0) is 22.6 Å². The fraction of sp³-hybridized carbons (Fsp3) is 0.296. The average Bonchev–Trinajstić information content (AvgIpc) is 3.36. The van der Waals surface area contributed by atoms with Gasteiger partial charge in [0.15, 0.2) is 11.5 Å². The zero-order valence-corrected chi connectivity index (χ0v) is 19.5. The second kappa shape index (κ2) is 10.5. The van der Waals surface area contributed by atoms with Gasteiger partial charge < -0.3 is 9.47 Å². The third kappa shape index (κ3) is 5.26. The van der Waals surface area contributed by atoms with Gasteiger partial charge in [0.25, 0.3) is 11.8 Å². The Kier molecular flexibility index (Phi) is 7.29. The number of carbonyl (C=O) groups excluding carboxylic acids is 3. The van der Waals surface area contributed by atoms with Gasteiger partial charge >= 0.3 is 6.03 Å². The Morgan fingerprint density at radius 1 is 1.14 bits per heavy atom. The van der Waals surface area contributed by atoms with Crippen molar-refractivity contribution in [2.24, 2.45) is 0 Å². The van der Waals surface area contributed by atoms with Crippen molar-refractivity contribution in [1.82, 2.24) is 10.2 Å². The number of nitrogens with one attached hydrogen (secondary N) is 1. The van der Waals surface area contributed by atoms with E-state index in [9.17, 15) is 18.8 Å². The van der Waals surface area contributed by atoms with E-state index in [0.717, 1.165) is 36.8 Å². The monoisotopic (exact) mass is 478 g/mol. The molecule has 1 aliphatic heterocycles. The molecule has 4 amide bonds. The molecule has 2 aliphatic rings. The molecule has 7 nitrogen and oxygen atoms in total. The van der Waals surface area contributed by atoms with Gasteiger partial charge in [0.1, 0.15) is 18.0 Å². The lowest BCUT2D eigenvalue weighted by Crippen LogP contribution is -2.57. The highest BCUT2D eigenvalue weighted by molar-refractivity contribution is 6.31. The van der Waals surface area contributed by atoms with Gasteiger partial charge in [0, 0.05) is 11.6 Å². The van der Waals surface area contributed by atoms with Gasteiger partial charge in [-0.3, -0.25) is 19.8 Å². The summed E-state index contributed by atoms with van der Waals surface area (Å²) in [7, 11) is 1.49. The zero-order chi connectivity index (χ0) is 24.9. The van der Waals surface area contributed by atoms with Crippen molar-refractivity contribution < 1.29 is 28.2 Å². The van der Waals surface area contributed by atoms with Crippen molar-refractivity contribution in [3.05, 3.63) is 77.1 Å². The number of halogens is 1. The smallest absolute Gasteiger partial charge is 0.331 e. The van der Waals surface area contributed by atoms with Crippen LogP contribution in [0.3, 0.4) is 0 Å². The lowest BCUT2D eigenvalue weighted by molar-refractivity contribution is -0.131. The zero-order valence-electron chi connectivity index (χ0n) is 19.5. The number of carbonyl (C=O) groups is 3. The van der Waals surface area contributed by atoms with Crippen molar-refractivity contribution in [1.29, 1.82) is 0 Å². The fourth-order valence-electron chi connectivity index (χ4n) is 4.46. The number of urea groups is 1. The number of ether oxygens (including phenoxy) is 2. The Morgan fingerprint density at radius 2 is 1.86 bits per heavy atom. The third-order valence-electron chi connectivity index (χ3n) is 6.17. The van der Waals surface area contributed by atoms with Crippen LogP contribution in [0.5, 0.6) is 11.5 Å². The molecule has 2 aromatic carbocycles. The average molecular weight is 479 g/mol. The molecule has 182 valence electrons. The predicted molar refractivity (Wildman–Crippen MR) is 128 cm³/mol. The molecule has 0 aromatic heterocycles. The van der Waals surface area contributed by atoms with Crippen LogP contribution >= 0.6 is 0 Å². The van der Waals surface area contributed by atoms with E-state index in [0.29, 0.717) is 23.5 Å². The molecule has 1 aliphatic carbocycles. The highest BCUT2D eigenvalue weighted by Gasteiger charge is 2.40. The molecule has 4 rings (SSSR count). The van der Waals surface area contributed by atoms with Crippen LogP contribution in [0.1, 0.15) is 42.4 Å². The molecule has 0 radical (unpaired) electrons. The number of allylic oxidation sites excluding steroid dienone is 1. The molecule has 1 saturated heterocycles. The quantitative estimate of drug-likeness (QED) is 0.342. The normalized spacial score (nSPS) is 17.6. The van der Waals surface area contributed by atoms with Gasteiger partial charge in [-0.05, 0) is 60.7 Å². The Morgan fingerprint density at radius 3 is 2.51 bits per heavy atom. The summed E-state index contributed by atoms with van der Waals surface area (Å²) in [5.74, 6) is -0.751. The first-order valence-corrected chi connectivity index (χ1v) is 11.5. The van der Waals surface area contributed by atoms with Crippen molar-refractivity contribution in [3.63, 3.8) is 0 Å². The van der Waals surface area contributed by atoms with E-state index in [1.165, 1.54) is 30.2 Å². The summed E-state index contributed by atoms with van der Waals surface area (Å²) < 4.78 is 24.8. The van der Waals surface area contributed by atoms with Crippen LogP contribution < -0.4 is 14.8 Å². The highest BCUT2D eigenvalue weighted by atomic mass is 19.1. The summed E-state index contributed by atoms with van der Waals surface area (Å²) in [4.78, 5) is 39.2. The maximum atomic E-state index is 13.2. The summed E-state index contributed by atoms with van der Waals surface area (Å²) in [5, 5.41) is 2.29. The lowest BCUT2D eigenvalue weighted by Gasteiger charge is -2.31. The molecule has 1 saturated carbocycles.